The Bertz CT molecular complexity index is 782. The predicted octanol–water partition coefficient (Wildman–Crippen LogP) is 1.77. The fraction of sp³-hybridized carbons (Fsp3) is 0.0714. The number of nitrogens with zero attached hydrogens (tertiary/aromatic N) is 4. The minimum atomic E-state index is 0.492. The Morgan fingerprint density at radius 3 is 2.95 bits per heavy atom. The maximum atomic E-state index is 8.98. The normalized spacial score (nSPS) is 10.5. The number of hydrogen-bond donors (Lipinski definition) is 1. The SMILES string of the molecule is N#Cc1cc(Cc2nnc3ccccn23)ccc1N. The summed E-state index contributed by atoms with van der Waals surface area (Å²) >= 11 is 0. The van der Waals surface area contributed by atoms with Crippen molar-refractivity contribution in [2.75, 3.05) is 5.73 Å². The van der Waals surface area contributed by atoms with Gasteiger partial charge < -0.3 is 5.73 Å². The molecule has 0 saturated heterocycles. The lowest BCUT2D eigenvalue weighted by atomic mass is 10.1. The van der Waals surface area contributed by atoms with Crippen molar-refractivity contribution in [2.45, 2.75) is 6.42 Å². The molecular formula is C14H11N5. The maximum absolute atomic E-state index is 8.98. The summed E-state index contributed by atoms with van der Waals surface area (Å²) in [6.07, 6.45) is 2.54. The van der Waals surface area contributed by atoms with Crippen LogP contribution < -0.4 is 5.73 Å². The number of benzene rings is 1. The first-order valence-electron chi connectivity index (χ1n) is 5.85. The molecule has 3 rings (SSSR count). The summed E-state index contributed by atoms with van der Waals surface area (Å²) < 4.78 is 1.93. The molecule has 5 nitrogen and oxygen atoms in total. The van der Waals surface area contributed by atoms with Crippen LogP contribution in [0.4, 0.5) is 5.69 Å². The van der Waals surface area contributed by atoms with Crippen LogP contribution in [0, 0.1) is 11.3 Å². The molecule has 0 unspecified atom stereocenters. The third-order valence-electron chi connectivity index (χ3n) is 2.98. The molecule has 5 heteroatoms. The van der Waals surface area contributed by atoms with Crippen LogP contribution >= 0.6 is 0 Å². The average molecular weight is 249 g/mol. The second kappa shape index (κ2) is 4.42. The first-order chi connectivity index (χ1) is 9.28. The molecule has 1 aromatic carbocycles. The van der Waals surface area contributed by atoms with Crippen molar-refractivity contribution >= 4 is 11.3 Å². The minimum absolute atomic E-state index is 0.492. The van der Waals surface area contributed by atoms with E-state index >= 15 is 0 Å². The molecule has 2 aromatic heterocycles. The predicted molar refractivity (Wildman–Crippen MR) is 71.4 cm³/mol. The summed E-state index contributed by atoms with van der Waals surface area (Å²) in [6.45, 7) is 0. The van der Waals surface area contributed by atoms with E-state index in [1.807, 2.05) is 34.9 Å². The van der Waals surface area contributed by atoms with Gasteiger partial charge in [-0.25, -0.2) is 0 Å². The van der Waals surface area contributed by atoms with Crippen molar-refractivity contribution in [3.05, 3.63) is 59.5 Å². The smallest absolute Gasteiger partial charge is 0.160 e. The van der Waals surface area contributed by atoms with Crippen LogP contribution in [0.1, 0.15) is 17.0 Å². The van der Waals surface area contributed by atoms with Gasteiger partial charge in [0.25, 0.3) is 0 Å². The number of nitrogens with two attached hydrogens (primary N) is 1. The molecule has 0 aliphatic carbocycles. The van der Waals surface area contributed by atoms with Crippen LogP contribution in [-0.4, -0.2) is 14.6 Å². The monoisotopic (exact) mass is 249 g/mol. The summed E-state index contributed by atoms with van der Waals surface area (Å²) in [7, 11) is 0. The van der Waals surface area contributed by atoms with Crippen LogP contribution in [0.5, 0.6) is 0 Å². The molecule has 0 amide bonds. The van der Waals surface area contributed by atoms with E-state index in [2.05, 4.69) is 16.3 Å². The van der Waals surface area contributed by atoms with E-state index < -0.39 is 0 Å². The van der Waals surface area contributed by atoms with E-state index in [0.29, 0.717) is 17.7 Å². The number of pyridine rings is 1. The lowest BCUT2D eigenvalue weighted by molar-refractivity contribution is 0.934. The first-order valence-corrected chi connectivity index (χ1v) is 5.85. The number of nitriles is 1. The second-order valence-corrected chi connectivity index (χ2v) is 4.26. The zero-order valence-electron chi connectivity index (χ0n) is 10.1. The Morgan fingerprint density at radius 2 is 2.11 bits per heavy atom. The van der Waals surface area contributed by atoms with Gasteiger partial charge in [0, 0.05) is 18.3 Å². The molecule has 0 aliphatic rings. The summed E-state index contributed by atoms with van der Waals surface area (Å²) in [5, 5.41) is 17.2. The Hall–Kier alpha value is -2.87. The van der Waals surface area contributed by atoms with Crippen molar-refractivity contribution in [3.63, 3.8) is 0 Å². The Balaban J connectivity index is 2.00. The molecule has 0 atom stereocenters. The summed E-state index contributed by atoms with van der Waals surface area (Å²) in [5.41, 5.74) is 8.50. The molecule has 0 aliphatic heterocycles. The van der Waals surface area contributed by atoms with Gasteiger partial charge in [0.05, 0.1) is 5.56 Å². The van der Waals surface area contributed by atoms with E-state index in [4.69, 9.17) is 11.0 Å². The number of hydrogen-bond acceptors (Lipinski definition) is 4. The molecule has 92 valence electrons. The van der Waals surface area contributed by atoms with Crippen LogP contribution in [0.3, 0.4) is 0 Å². The van der Waals surface area contributed by atoms with Crippen LogP contribution in [0.25, 0.3) is 5.65 Å². The molecule has 0 spiro atoms. The van der Waals surface area contributed by atoms with Crippen LogP contribution in [-0.2, 0) is 6.42 Å². The van der Waals surface area contributed by atoms with Crippen molar-refractivity contribution in [1.82, 2.24) is 14.6 Å². The topological polar surface area (TPSA) is 80.0 Å². The molecule has 3 aromatic rings. The van der Waals surface area contributed by atoms with E-state index in [-0.39, 0.29) is 0 Å². The molecule has 2 N–H and O–H groups in total. The largest absolute Gasteiger partial charge is 0.398 e. The first kappa shape index (κ1) is 11.2. The highest BCUT2D eigenvalue weighted by Gasteiger charge is 2.07. The average Bonchev–Trinajstić information content (AvgIpc) is 2.84. The number of fused-ring (bicyclic) bond motifs is 1. The van der Waals surface area contributed by atoms with Gasteiger partial charge in [0.1, 0.15) is 11.9 Å². The van der Waals surface area contributed by atoms with Gasteiger partial charge in [0.2, 0.25) is 0 Å². The van der Waals surface area contributed by atoms with Gasteiger partial charge in [-0.2, -0.15) is 5.26 Å². The Morgan fingerprint density at radius 1 is 1.21 bits per heavy atom. The highest BCUT2D eigenvalue weighted by molar-refractivity contribution is 5.55. The van der Waals surface area contributed by atoms with Crippen molar-refractivity contribution in [1.29, 1.82) is 5.26 Å². The van der Waals surface area contributed by atoms with Crippen molar-refractivity contribution < 1.29 is 0 Å². The molecule has 19 heavy (non-hydrogen) atoms. The standard InChI is InChI=1S/C14H11N5/c15-9-11-7-10(4-5-12(11)16)8-14-18-17-13-3-1-2-6-19(13)14/h1-7H,8,16H2. The van der Waals surface area contributed by atoms with Crippen molar-refractivity contribution in [3.8, 4) is 6.07 Å². The van der Waals surface area contributed by atoms with E-state index in [1.54, 1.807) is 12.1 Å². The van der Waals surface area contributed by atoms with Crippen molar-refractivity contribution in [2.24, 2.45) is 0 Å². The van der Waals surface area contributed by atoms with E-state index in [0.717, 1.165) is 17.0 Å². The fourth-order valence-corrected chi connectivity index (χ4v) is 2.00. The van der Waals surface area contributed by atoms with Gasteiger partial charge in [-0.1, -0.05) is 12.1 Å². The van der Waals surface area contributed by atoms with Gasteiger partial charge in [-0.05, 0) is 29.8 Å². The molecule has 2 heterocycles. The lowest BCUT2D eigenvalue weighted by Crippen LogP contribution is -1.98. The van der Waals surface area contributed by atoms with Gasteiger partial charge in [-0.3, -0.25) is 4.40 Å². The van der Waals surface area contributed by atoms with E-state index in [1.165, 1.54) is 0 Å². The number of nitrogen functional groups attached to an aromatic ring is 1. The molecule has 0 fully saturated rings. The summed E-state index contributed by atoms with van der Waals surface area (Å²) in [5.74, 6) is 0.837. The second-order valence-electron chi connectivity index (χ2n) is 4.26. The molecule has 0 radical (unpaired) electrons. The van der Waals surface area contributed by atoms with E-state index in [9.17, 15) is 0 Å². The Labute approximate surface area is 109 Å². The molecular weight excluding hydrogens is 238 g/mol. The van der Waals surface area contributed by atoms with Gasteiger partial charge in [0.15, 0.2) is 5.65 Å². The quantitative estimate of drug-likeness (QED) is 0.702. The third-order valence-corrected chi connectivity index (χ3v) is 2.98. The number of rotatable bonds is 2. The maximum Gasteiger partial charge on any atom is 0.160 e. The summed E-state index contributed by atoms with van der Waals surface area (Å²) in [6, 6.07) is 13.3. The minimum Gasteiger partial charge on any atom is -0.398 e. The highest BCUT2D eigenvalue weighted by Crippen LogP contribution is 2.16. The Kier molecular flexibility index (Phi) is 2.62. The van der Waals surface area contributed by atoms with Crippen LogP contribution in [0.15, 0.2) is 42.6 Å². The highest BCUT2D eigenvalue weighted by atomic mass is 15.2. The zero-order valence-corrected chi connectivity index (χ0v) is 10.1. The fourth-order valence-electron chi connectivity index (χ4n) is 2.00. The number of anilines is 1. The molecule has 0 saturated carbocycles. The van der Waals surface area contributed by atoms with Crippen LogP contribution in [0.2, 0.25) is 0 Å². The van der Waals surface area contributed by atoms with Gasteiger partial charge in [-0.15, -0.1) is 10.2 Å². The lowest BCUT2D eigenvalue weighted by Gasteiger charge is -2.03. The third kappa shape index (κ3) is 2.00. The number of aromatic nitrogens is 3. The van der Waals surface area contributed by atoms with Gasteiger partial charge >= 0.3 is 0 Å². The molecule has 0 bridgehead atoms. The summed E-state index contributed by atoms with van der Waals surface area (Å²) in [4.78, 5) is 0. The zero-order chi connectivity index (χ0) is 13.2.